The van der Waals surface area contributed by atoms with Crippen LogP contribution in [0.25, 0.3) is 22.8 Å². The second-order valence-electron chi connectivity index (χ2n) is 9.37. The Morgan fingerprint density at radius 3 is 2.83 bits per heavy atom. The highest BCUT2D eigenvalue weighted by Gasteiger charge is 2.29. The highest BCUT2D eigenvalue weighted by Crippen LogP contribution is 2.38. The SMILES string of the molecule is CC(C)Oc1ccc(-c2nc(-c3cccc4c3CCC4NC(=O)N3CCCCC3)no2)cc1C#N. The van der Waals surface area contributed by atoms with Crippen LogP contribution in [0.3, 0.4) is 0 Å². The molecule has 1 saturated heterocycles. The summed E-state index contributed by atoms with van der Waals surface area (Å²) in [6, 6.07) is 13.5. The molecule has 1 aromatic heterocycles. The monoisotopic (exact) mass is 471 g/mol. The van der Waals surface area contributed by atoms with Crippen molar-refractivity contribution in [2.75, 3.05) is 13.1 Å². The van der Waals surface area contributed by atoms with Gasteiger partial charge in [0.05, 0.1) is 17.7 Å². The Hall–Kier alpha value is -3.86. The Kier molecular flexibility index (Phi) is 6.41. The van der Waals surface area contributed by atoms with Crippen LogP contribution in [0.2, 0.25) is 0 Å². The first-order valence-corrected chi connectivity index (χ1v) is 12.3. The maximum atomic E-state index is 12.8. The van der Waals surface area contributed by atoms with Crippen molar-refractivity contribution < 1.29 is 14.1 Å². The average molecular weight is 472 g/mol. The molecule has 0 bridgehead atoms. The molecular weight excluding hydrogens is 442 g/mol. The molecule has 2 amide bonds. The Bertz CT molecular complexity index is 1270. The van der Waals surface area contributed by atoms with E-state index in [0.717, 1.165) is 55.5 Å². The number of piperidine rings is 1. The van der Waals surface area contributed by atoms with Crippen LogP contribution in [-0.2, 0) is 6.42 Å². The van der Waals surface area contributed by atoms with Gasteiger partial charge in [0, 0.05) is 24.2 Å². The van der Waals surface area contributed by atoms with Gasteiger partial charge < -0.3 is 19.5 Å². The maximum Gasteiger partial charge on any atom is 0.317 e. The van der Waals surface area contributed by atoms with E-state index in [1.54, 1.807) is 12.1 Å². The summed E-state index contributed by atoms with van der Waals surface area (Å²) in [5.41, 5.74) is 4.25. The van der Waals surface area contributed by atoms with Gasteiger partial charge in [-0.2, -0.15) is 10.2 Å². The molecule has 2 aromatic carbocycles. The minimum Gasteiger partial charge on any atom is -0.490 e. The Morgan fingerprint density at radius 1 is 1.23 bits per heavy atom. The molecule has 0 radical (unpaired) electrons. The predicted octanol–water partition coefficient (Wildman–Crippen LogP) is 5.25. The molecule has 1 aliphatic heterocycles. The van der Waals surface area contributed by atoms with Crippen molar-refractivity contribution in [1.82, 2.24) is 20.4 Å². The molecule has 5 rings (SSSR count). The molecule has 1 fully saturated rings. The number of nitrogens with one attached hydrogen (secondary N) is 1. The number of hydrogen-bond acceptors (Lipinski definition) is 6. The van der Waals surface area contributed by atoms with Crippen LogP contribution >= 0.6 is 0 Å². The molecule has 1 N–H and O–H groups in total. The number of carbonyl (C=O) groups is 1. The summed E-state index contributed by atoms with van der Waals surface area (Å²) in [6.45, 7) is 5.49. The summed E-state index contributed by atoms with van der Waals surface area (Å²) < 4.78 is 11.3. The van der Waals surface area contributed by atoms with E-state index in [9.17, 15) is 10.1 Å². The van der Waals surface area contributed by atoms with E-state index in [-0.39, 0.29) is 18.2 Å². The van der Waals surface area contributed by atoms with Gasteiger partial charge in [-0.25, -0.2) is 4.79 Å². The molecule has 1 unspecified atom stereocenters. The predicted molar refractivity (Wildman–Crippen MR) is 131 cm³/mol. The van der Waals surface area contributed by atoms with Crippen LogP contribution in [0.4, 0.5) is 4.79 Å². The van der Waals surface area contributed by atoms with Crippen molar-refractivity contribution in [3.05, 3.63) is 53.1 Å². The molecule has 2 aliphatic rings. The first-order chi connectivity index (χ1) is 17.0. The number of hydrogen-bond donors (Lipinski definition) is 1. The Labute approximate surface area is 204 Å². The lowest BCUT2D eigenvalue weighted by Gasteiger charge is -2.28. The molecule has 8 heteroatoms. The van der Waals surface area contributed by atoms with E-state index >= 15 is 0 Å². The third kappa shape index (κ3) is 4.72. The molecule has 35 heavy (non-hydrogen) atoms. The van der Waals surface area contributed by atoms with E-state index in [1.807, 2.05) is 36.9 Å². The number of nitriles is 1. The van der Waals surface area contributed by atoms with E-state index in [0.29, 0.717) is 28.6 Å². The van der Waals surface area contributed by atoms with E-state index in [1.165, 1.54) is 6.42 Å². The van der Waals surface area contributed by atoms with E-state index in [4.69, 9.17) is 9.26 Å². The quantitative estimate of drug-likeness (QED) is 0.545. The number of urea groups is 1. The number of likely N-dealkylation sites (tertiary alicyclic amines) is 1. The minimum absolute atomic E-state index is 0.0163. The van der Waals surface area contributed by atoms with Gasteiger partial charge in [-0.1, -0.05) is 23.4 Å². The zero-order valence-electron chi connectivity index (χ0n) is 20.1. The van der Waals surface area contributed by atoms with Crippen molar-refractivity contribution in [1.29, 1.82) is 5.26 Å². The normalized spacial score (nSPS) is 17.2. The number of aromatic nitrogens is 2. The number of nitrogens with zero attached hydrogens (tertiary/aromatic N) is 4. The first kappa shape index (κ1) is 22.9. The summed E-state index contributed by atoms with van der Waals surface area (Å²) in [5, 5.41) is 17.0. The minimum atomic E-state index is -0.0309. The molecular formula is C27H29N5O3. The van der Waals surface area contributed by atoms with Crippen molar-refractivity contribution in [3.8, 4) is 34.7 Å². The standard InChI is InChI=1S/C27H29N5O3/c1-17(2)34-24-12-9-18(15-19(24)16-28)26-30-25(31-35-26)22-8-6-7-21-20(22)10-11-23(21)29-27(33)32-13-4-3-5-14-32/h6-9,12,15,17,23H,3-5,10-11,13-14H2,1-2H3,(H,29,33). The summed E-state index contributed by atoms with van der Waals surface area (Å²) in [7, 11) is 0. The second kappa shape index (κ2) is 9.79. The number of rotatable bonds is 5. The lowest BCUT2D eigenvalue weighted by molar-refractivity contribution is 0.182. The van der Waals surface area contributed by atoms with Crippen LogP contribution in [0.1, 0.15) is 62.3 Å². The van der Waals surface area contributed by atoms with Crippen LogP contribution in [0.15, 0.2) is 40.9 Å². The van der Waals surface area contributed by atoms with Gasteiger partial charge in [0.15, 0.2) is 0 Å². The van der Waals surface area contributed by atoms with Gasteiger partial charge in [0.25, 0.3) is 5.89 Å². The average Bonchev–Trinajstić information content (AvgIpc) is 3.52. The van der Waals surface area contributed by atoms with Crippen LogP contribution < -0.4 is 10.1 Å². The van der Waals surface area contributed by atoms with E-state index < -0.39 is 0 Å². The second-order valence-corrected chi connectivity index (χ2v) is 9.37. The Morgan fingerprint density at radius 2 is 2.06 bits per heavy atom. The first-order valence-electron chi connectivity index (χ1n) is 12.3. The smallest absolute Gasteiger partial charge is 0.317 e. The van der Waals surface area contributed by atoms with Crippen LogP contribution in [-0.4, -0.2) is 40.3 Å². The van der Waals surface area contributed by atoms with Gasteiger partial charge in [0.2, 0.25) is 5.82 Å². The van der Waals surface area contributed by atoms with Crippen LogP contribution in [0.5, 0.6) is 5.75 Å². The highest BCUT2D eigenvalue weighted by atomic mass is 16.5. The summed E-state index contributed by atoms with van der Waals surface area (Å²) in [4.78, 5) is 19.3. The van der Waals surface area contributed by atoms with Crippen molar-refractivity contribution in [2.45, 2.75) is 58.1 Å². The van der Waals surface area contributed by atoms with Gasteiger partial charge in [-0.3, -0.25) is 0 Å². The fourth-order valence-electron chi connectivity index (χ4n) is 4.91. The molecule has 3 aromatic rings. The van der Waals surface area contributed by atoms with Crippen molar-refractivity contribution >= 4 is 6.03 Å². The molecule has 1 aliphatic carbocycles. The van der Waals surface area contributed by atoms with Gasteiger partial charge in [-0.15, -0.1) is 0 Å². The third-order valence-electron chi connectivity index (χ3n) is 6.59. The number of fused-ring (bicyclic) bond motifs is 1. The molecule has 180 valence electrons. The molecule has 0 spiro atoms. The third-order valence-corrected chi connectivity index (χ3v) is 6.59. The van der Waals surface area contributed by atoms with Gasteiger partial charge in [-0.05, 0) is 75.3 Å². The molecule has 1 atom stereocenters. The van der Waals surface area contributed by atoms with Gasteiger partial charge >= 0.3 is 6.03 Å². The number of ether oxygens (including phenoxy) is 1. The summed E-state index contributed by atoms with van der Waals surface area (Å²) in [6.07, 6.45) is 4.99. The maximum absolute atomic E-state index is 12.8. The molecule has 0 saturated carbocycles. The fourth-order valence-corrected chi connectivity index (χ4v) is 4.91. The molecule has 2 heterocycles. The lowest BCUT2D eigenvalue weighted by Crippen LogP contribution is -2.43. The fraction of sp³-hybridized carbons (Fsp3) is 0.407. The summed E-state index contributed by atoms with van der Waals surface area (Å²) in [5.74, 6) is 1.38. The summed E-state index contributed by atoms with van der Waals surface area (Å²) >= 11 is 0. The van der Waals surface area contributed by atoms with Gasteiger partial charge in [0.1, 0.15) is 11.8 Å². The lowest BCUT2D eigenvalue weighted by atomic mass is 10.0. The number of carbonyl (C=O) groups excluding carboxylic acids is 1. The van der Waals surface area contributed by atoms with Crippen molar-refractivity contribution in [2.24, 2.45) is 0 Å². The van der Waals surface area contributed by atoms with Crippen molar-refractivity contribution in [3.63, 3.8) is 0 Å². The number of amides is 2. The zero-order valence-corrected chi connectivity index (χ0v) is 20.1. The number of benzene rings is 2. The largest absolute Gasteiger partial charge is 0.490 e. The molecule has 8 nitrogen and oxygen atoms in total. The highest BCUT2D eigenvalue weighted by molar-refractivity contribution is 5.75. The zero-order chi connectivity index (χ0) is 24.4. The Balaban J connectivity index is 1.37. The van der Waals surface area contributed by atoms with E-state index in [2.05, 4.69) is 27.6 Å². The van der Waals surface area contributed by atoms with Crippen LogP contribution in [0, 0.1) is 11.3 Å². The topological polar surface area (TPSA) is 104 Å².